The van der Waals surface area contributed by atoms with Gasteiger partial charge < -0.3 is 18.9 Å². The van der Waals surface area contributed by atoms with Gasteiger partial charge in [0.1, 0.15) is 19.6 Å². The van der Waals surface area contributed by atoms with E-state index in [-0.39, 0.29) is 31.8 Å². The molecule has 0 radical (unpaired) electrons. The Morgan fingerprint density at radius 1 is 0.895 bits per heavy atom. The molecule has 0 N–H and O–H groups in total. The van der Waals surface area contributed by atoms with Crippen LogP contribution in [-0.4, -0.2) is 50.6 Å². The average Bonchev–Trinajstić information content (AvgIpc) is 3.07. The van der Waals surface area contributed by atoms with Gasteiger partial charge in [-0.3, -0.25) is 9.59 Å². The summed E-state index contributed by atoms with van der Waals surface area (Å²) in [4.78, 5) is 22.8. The third-order valence-corrected chi connectivity index (χ3v) is 3.20. The van der Waals surface area contributed by atoms with E-state index in [1.54, 1.807) is 0 Å². The van der Waals surface area contributed by atoms with Gasteiger partial charge in [0.2, 0.25) is 0 Å². The SMILES string of the molecule is O=C(CC(=O)OCC1CCCO1)OCC1CCCO1. The van der Waals surface area contributed by atoms with Gasteiger partial charge in [0.05, 0.1) is 12.2 Å². The van der Waals surface area contributed by atoms with Crippen molar-refractivity contribution >= 4 is 11.9 Å². The van der Waals surface area contributed by atoms with Gasteiger partial charge in [-0.25, -0.2) is 0 Å². The molecule has 0 aromatic heterocycles. The molecule has 2 heterocycles. The highest BCUT2D eigenvalue weighted by molar-refractivity contribution is 5.91. The Bertz CT molecular complexity index is 274. The first-order chi connectivity index (χ1) is 9.24. The van der Waals surface area contributed by atoms with E-state index in [1.165, 1.54) is 0 Å². The van der Waals surface area contributed by atoms with E-state index in [4.69, 9.17) is 18.9 Å². The Balaban J connectivity index is 1.54. The lowest BCUT2D eigenvalue weighted by molar-refractivity contribution is -0.158. The van der Waals surface area contributed by atoms with Gasteiger partial charge in [-0.1, -0.05) is 0 Å². The van der Waals surface area contributed by atoms with Crippen LogP contribution in [0.2, 0.25) is 0 Å². The molecule has 19 heavy (non-hydrogen) atoms. The minimum absolute atomic E-state index is 0.0214. The van der Waals surface area contributed by atoms with Crippen LogP contribution in [0.15, 0.2) is 0 Å². The largest absolute Gasteiger partial charge is 0.462 e. The van der Waals surface area contributed by atoms with Crippen molar-refractivity contribution in [2.24, 2.45) is 0 Å². The summed E-state index contributed by atoms with van der Waals surface area (Å²) in [6, 6.07) is 0. The fourth-order valence-corrected chi connectivity index (χ4v) is 2.14. The molecular formula is C13H20O6. The van der Waals surface area contributed by atoms with E-state index in [9.17, 15) is 9.59 Å². The highest BCUT2D eigenvalue weighted by Gasteiger charge is 2.21. The Hall–Kier alpha value is -1.14. The summed E-state index contributed by atoms with van der Waals surface area (Å²) in [7, 11) is 0. The molecule has 6 nitrogen and oxygen atoms in total. The number of hydrogen-bond acceptors (Lipinski definition) is 6. The second-order valence-electron chi connectivity index (χ2n) is 4.81. The van der Waals surface area contributed by atoms with Crippen molar-refractivity contribution in [3.63, 3.8) is 0 Å². The molecule has 2 atom stereocenters. The molecular weight excluding hydrogens is 252 g/mol. The van der Waals surface area contributed by atoms with Crippen molar-refractivity contribution in [3.8, 4) is 0 Å². The summed E-state index contributed by atoms with van der Waals surface area (Å²) in [6.45, 7) is 1.87. The summed E-state index contributed by atoms with van der Waals surface area (Å²) in [5, 5.41) is 0. The Morgan fingerprint density at radius 3 is 1.74 bits per heavy atom. The van der Waals surface area contributed by atoms with E-state index < -0.39 is 11.9 Å². The maximum atomic E-state index is 11.4. The third kappa shape index (κ3) is 5.16. The van der Waals surface area contributed by atoms with Crippen molar-refractivity contribution in [3.05, 3.63) is 0 Å². The van der Waals surface area contributed by atoms with Crippen LogP contribution in [-0.2, 0) is 28.5 Å². The first-order valence-corrected chi connectivity index (χ1v) is 6.78. The maximum Gasteiger partial charge on any atom is 0.317 e. The van der Waals surface area contributed by atoms with Crippen molar-refractivity contribution in [1.29, 1.82) is 0 Å². The van der Waals surface area contributed by atoms with Crippen LogP contribution in [0.25, 0.3) is 0 Å². The standard InChI is InChI=1S/C13H20O6/c14-12(18-8-10-3-1-5-16-10)7-13(15)19-9-11-4-2-6-17-11/h10-11H,1-9H2. The zero-order valence-electron chi connectivity index (χ0n) is 11.0. The summed E-state index contributed by atoms with van der Waals surface area (Å²) < 4.78 is 20.6. The quantitative estimate of drug-likeness (QED) is 0.526. The van der Waals surface area contributed by atoms with E-state index in [2.05, 4.69) is 0 Å². The van der Waals surface area contributed by atoms with Crippen LogP contribution in [0, 0.1) is 0 Å². The first-order valence-electron chi connectivity index (χ1n) is 6.78. The van der Waals surface area contributed by atoms with E-state index in [1.807, 2.05) is 0 Å². The third-order valence-electron chi connectivity index (χ3n) is 3.20. The highest BCUT2D eigenvalue weighted by Crippen LogP contribution is 2.13. The number of carbonyl (C=O) groups is 2. The molecule has 0 spiro atoms. The molecule has 108 valence electrons. The van der Waals surface area contributed by atoms with Gasteiger partial charge in [-0.2, -0.15) is 0 Å². The second kappa shape index (κ2) is 7.45. The number of hydrogen-bond donors (Lipinski definition) is 0. The molecule has 2 aliphatic rings. The summed E-state index contributed by atoms with van der Waals surface area (Å²) in [6.07, 6.45) is 3.39. The van der Waals surface area contributed by atoms with Gasteiger partial charge in [0.25, 0.3) is 0 Å². The maximum absolute atomic E-state index is 11.4. The summed E-state index contributed by atoms with van der Waals surface area (Å²) in [5.74, 6) is -1.12. The lowest BCUT2D eigenvalue weighted by atomic mass is 10.2. The number of carbonyl (C=O) groups excluding carboxylic acids is 2. The fourth-order valence-electron chi connectivity index (χ4n) is 2.14. The predicted octanol–water partition coefficient (Wildman–Crippen LogP) is 0.821. The number of ether oxygens (including phenoxy) is 4. The Morgan fingerprint density at radius 2 is 1.37 bits per heavy atom. The van der Waals surface area contributed by atoms with Gasteiger partial charge in [0.15, 0.2) is 0 Å². The molecule has 0 aliphatic carbocycles. The molecule has 2 aliphatic heterocycles. The molecule has 0 bridgehead atoms. The number of esters is 2. The van der Waals surface area contributed by atoms with Gasteiger partial charge >= 0.3 is 11.9 Å². The molecule has 2 unspecified atom stereocenters. The van der Waals surface area contributed by atoms with Gasteiger partial charge in [-0.05, 0) is 25.7 Å². The smallest absolute Gasteiger partial charge is 0.317 e. The first kappa shape index (κ1) is 14.3. The zero-order chi connectivity index (χ0) is 13.5. The lowest BCUT2D eigenvalue weighted by Crippen LogP contribution is -2.22. The fraction of sp³-hybridized carbons (Fsp3) is 0.846. The van der Waals surface area contributed by atoms with Crippen molar-refractivity contribution in [1.82, 2.24) is 0 Å². The molecule has 0 aromatic carbocycles. The van der Waals surface area contributed by atoms with Crippen LogP contribution in [0.4, 0.5) is 0 Å². The molecule has 0 saturated carbocycles. The zero-order valence-corrected chi connectivity index (χ0v) is 11.0. The topological polar surface area (TPSA) is 71.1 Å². The van der Waals surface area contributed by atoms with E-state index >= 15 is 0 Å². The second-order valence-corrected chi connectivity index (χ2v) is 4.81. The monoisotopic (exact) mass is 272 g/mol. The minimum atomic E-state index is -0.562. The molecule has 6 heteroatoms. The van der Waals surface area contributed by atoms with Gasteiger partial charge in [0, 0.05) is 13.2 Å². The van der Waals surface area contributed by atoms with Crippen LogP contribution in [0.3, 0.4) is 0 Å². The minimum Gasteiger partial charge on any atom is -0.462 e. The van der Waals surface area contributed by atoms with Crippen LogP contribution >= 0.6 is 0 Å². The molecule has 2 saturated heterocycles. The van der Waals surface area contributed by atoms with E-state index in [0.29, 0.717) is 13.2 Å². The normalized spacial score (nSPS) is 26.3. The average molecular weight is 272 g/mol. The molecule has 2 fully saturated rings. The molecule has 2 rings (SSSR count). The Labute approximate surface area is 112 Å². The predicted molar refractivity (Wildman–Crippen MR) is 64.5 cm³/mol. The van der Waals surface area contributed by atoms with Crippen LogP contribution in [0.1, 0.15) is 32.1 Å². The van der Waals surface area contributed by atoms with Crippen molar-refractivity contribution in [2.75, 3.05) is 26.4 Å². The highest BCUT2D eigenvalue weighted by atomic mass is 16.6. The van der Waals surface area contributed by atoms with Gasteiger partial charge in [-0.15, -0.1) is 0 Å². The van der Waals surface area contributed by atoms with Crippen molar-refractivity contribution in [2.45, 2.75) is 44.3 Å². The lowest BCUT2D eigenvalue weighted by Gasteiger charge is -2.11. The van der Waals surface area contributed by atoms with E-state index in [0.717, 1.165) is 25.7 Å². The van der Waals surface area contributed by atoms with Crippen LogP contribution < -0.4 is 0 Å². The molecule has 0 amide bonds. The number of rotatable bonds is 6. The van der Waals surface area contributed by atoms with Crippen LogP contribution in [0.5, 0.6) is 0 Å². The Kier molecular flexibility index (Phi) is 5.60. The summed E-state index contributed by atoms with van der Waals surface area (Å²) in [5.41, 5.74) is 0. The summed E-state index contributed by atoms with van der Waals surface area (Å²) >= 11 is 0. The molecule has 0 aromatic rings. The van der Waals surface area contributed by atoms with Crippen molar-refractivity contribution < 1.29 is 28.5 Å².